The number of rotatable bonds is 4. The second kappa shape index (κ2) is 7.24. The number of para-hydroxylation sites is 2. The highest BCUT2D eigenvalue weighted by Gasteiger charge is 2.17. The minimum Gasteiger partial charge on any atom is -0.505 e. The number of benzene rings is 2. The molecule has 0 aliphatic rings. The quantitative estimate of drug-likeness (QED) is 0.498. The lowest BCUT2D eigenvalue weighted by atomic mass is 10.1. The molecule has 0 spiro atoms. The van der Waals surface area contributed by atoms with Crippen LogP contribution in [0.25, 0.3) is 10.9 Å². The fourth-order valence-electron chi connectivity index (χ4n) is 2.72. The number of hydrogen-bond donors (Lipinski definition) is 3. The Labute approximate surface area is 159 Å². The number of aromatic hydroxyl groups is 2. The summed E-state index contributed by atoms with van der Waals surface area (Å²) in [6.07, 6.45) is 1.23. The van der Waals surface area contributed by atoms with Crippen LogP contribution in [0.15, 0.2) is 72.9 Å². The number of amides is 1. The van der Waals surface area contributed by atoms with Gasteiger partial charge >= 0.3 is 0 Å². The van der Waals surface area contributed by atoms with Gasteiger partial charge in [0.25, 0.3) is 5.91 Å². The van der Waals surface area contributed by atoms with E-state index in [1.807, 2.05) is 24.3 Å². The van der Waals surface area contributed by atoms with Crippen LogP contribution in [0.4, 0.5) is 5.69 Å². The van der Waals surface area contributed by atoms with Gasteiger partial charge in [-0.25, -0.2) is 9.97 Å². The molecule has 1 amide bonds. The van der Waals surface area contributed by atoms with Gasteiger partial charge in [-0.3, -0.25) is 4.79 Å². The van der Waals surface area contributed by atoms with Crippen molar-refractivity contribution >= 4 is 22.5 Å². The third-order valence-corrected chi connectivity index (χ3v) is 4.05. The first-order valence-corrected chi connectivity index (χ1v) is 8.43. The zero-order valence-electron chi connectivity index (χ0n) is 14.5. The van der Waals surface area contributed by atoms with Crippen molar-refractivity contribution in [2.45, 2.75) is 0 Å². The second-order valence-electron chi connectivity index (χ2n) is 5.92. The fraction of sp³-hybridized carbons (Fsp3) is 0. The lowest BCUT2D eigenvalue weighted by Gasteiger charge is -2.11. The molecule has 0 aliphatic carbocycles. The van der Waals surface area contributed by atoms with Gasteiger partial charge in [-0.15, -0.1) is 0 Å². The van der Waals surface area contributed by atoms with Gasteiger partial charge in [0.15, 0.2) is 0 Å². The van der Waals surface area contributed by atoms with Crippen LogP contribution in [0, 0.1) is 0 Å². The molecule has 0 radical (unpaired) electrons. The van der Waals surface area contributed by atoms with Gasteiger partial charge < -0.3 is 20.3 Å². The molecule has 0 saturated heterocycles. The number of carbonyl (C=O) groups is 1. The third-order valence-electron chi connectivity index (χ3n) is 4.05. The summed E-state index contributed by atoms with van der Waals surface area (Å²) >= 11 is 0. The van der Waals surface area contributed by atoms with Crippen molar-refractivity contribution in [1.82, 2.24) is 9.97 Å². The zero-order chi connectivity index (χ0) is 19.5. The van der Waals surface area contributed by atoms with Crippen LogP contribution in [-0.4, -0.2) is 26.1 Å². The summed E-state index contributed by atoms with van der Waals surface area (Å²) in [5, 5.41) is 22.9. The van der Waals surface area contributed by atoms with Gasteiger partial charge in [0.05, 0.1) is 11.1 Å². The molecular formula is C21H15N3O4. The van der Waals surface area contributed by atoms with E-state index in [0.717, 1.165) is 5.39 Å². The summed E-state index contributed by atoms with van der Waals surface area (Å²) < 4.78 is 5.74. The Morgan fingerprint density at radius 2 is 1.75 bits per heavy atom. The fourth-order valence-corrected chi connectivity index (χ4v) is 2.72. The van der Waals surface area contributed by atoms with Crippen molar-refractivity contribution in [3.05, 3.63) is 78.5 Å². The van der Waals surface area contributed by atoms with Crippen LogP contribution in [0.5, 0.6) is 23.3 Å². The molecule has 0 bridgehead atoms. The van der Waals surface area contributed by atoms with Gasteiger partial charge in [0.2, 0.25) is 11.8 Å². The van der Waals surface area contributed by atoms with Crippen molar-refractivity contribution in [3.8, 4) is 23.3 Å². The van der Waals surface area contributed by atoms with E-state index in [0.29, 0.717) is 17.1 Å². The summed E-state index contributed by atoms with van der Waals surface area (Å²) in [7, 11) is 0. The Morgan fingerprint density at radius 3 is 2.54 bits per heavy atom. The number of aromatic nitrogens is 2. The van der Waals surface area contributed by atoms with E-state index < -0.39 is 11.8 Å². The number of nitrogens with zero attached hydrogens (tertiary/aromatic N) is 2. The summed E-state index contributed by atoms with van der Waals surface area (Å²) in [5.74, 6) is -0.349. The minimum atomic E-state index is -0.548. The monoisotopic (exact) mass is 373 g/mol. The van der Waals surface area contributed by atoms with Gasteiger partial charge in [0.1, 0.15) is 17.2 Å². The predicted octanol–water partition coefficient (Wildman–Crippen LogP) is 4.09. The summed E-state index contributed by atoms with van der Waals surface area (Å²) in [5.41, 5.74) is 0.524. The molecule has 2 aromatic carbocycles. The van der Waals surface area contributed by atoms with Gasteiger partial charge in [-0.2, -0.15) is 0 Å². The van der Waals surface area contributed by atoms with Crippen molar-refractivity contribution in [2.75, 3.05) is 5.32 Å². The Balaban J connectivity index is 1.70. The molecule has 0 saturated carbocycles. The van der Waals surface area contributed by atoms with E-state index in [2.05, 4.69) is 15.3 Å². The highest BCUT2D eigenvalue weighted by Crippen LogP contribution is 2.31. The molecule has 0 unspecified atom stereocenters. The van der Waals surface area contributed by atoms with E-state index in [4.69, 9.17) is 4.74 Å². The standard InChI is InChI=1S/C21H15N3O4/c25-16-11-12-22-21(27)19(16)24-20(26)15-8-4-5-13-9-10-17(23-18(13)15)28-14-6-2-1-3-7-14/h1-12H,(H,24,26)(H2,22,25,27). The molecule has 4 aromatic rings. The number of fused-ring (bicyclic) bond motifs is 1. The Morgan fingerprint density at radius 1 is 0.929 bits per heavy atom. The van der Waals surface area contributed by atoms with Crippen molar-refractivity contribution in [2.24, 2.45) is 0 Å². The Kier molecular flexibility index (Phi) is 4.47. The van der Waals surface area contributed by atoms with Crippen LogP contribution in [0.3, 0.4) is 0 Å². The van der Waals surface area contributed by atoms with E-state index in [1.54, 1.807) is 36.4 Å². The Bertz CT molecular complexity index is 1140. The molecule has 3 N–H and O–H groups in total. The first-order chi connectivity index (χ1) is 13.6. The minimum absolute atomic E-state index is 0.166. The van der Waals surface area contributed by atoms with E-state index >= 15 is 0 Å². The number of nitrogens with one attached hydrogen (secondary N) is 1. The van der Waals surface area contributed by atoms with Crippen LogP contribution in [-0.2, 0) is 0 Å². The van der Waals surface area contributed by atoms with E-state index in [1.165, 1.54) is 12.3 Å². The molecule has 0 aliphatic heterocycles. The number of ether oxygens (including phenoxy) is 1. The van der Waals surface area contributed by atoms with Crippen LogP contribution in [0.2, 0.25) is 0 Å². The molecule has 0 fully saturated rings. The Hall–Kier alpha value is -4.13. The van der Waals surface area contributed by atoms with Crippen molar-refractivity contribution < 1.29 is 19.7 Å². The number of carbonyl (C=O) groups excluding carboxylic acids is 1. The van der Waals surface area contributed by atoms with Crippen molar-refractivity contribution in [1.29, 1.82) is 0 Å². The maximum Gasteiger partial charge on any atom is 0.258 e. The van der Waals surface area contributed by atoms with E-state index in [9.17, 15) is 15.0 Å². The molecule has 28 heavy (non-hydrogen) atoms. The predicted molar refractivity (Wildman–Crippen MR) is 104 cm³/mol. The average Bonchev–Trinajstić information content (AvgIpc) is 2.71. The smallest absolute Gasteiger partial charge is 0.258 e. The molecule has 2 heterocycles. The second-order valence-corrected chi connectivity index (χ2v) is 5.92. The maximum atomic E-state index is 12.8. The average molecular weight is 373 g/mol. The summed E-state index contributed by atoms with van der Waals surface area (Å²) in [4.78, 5) is 20.9. The first-order valence-electron chi connectivity index (χ1n) is 8.43. The highest BCUT2D eigenvalue weighted by molar-refractivity contribution is 6.12. The van der Waals surface area contributed by atoms with Crippen LogP contribution < -0.4 is 10.1 Å². The zero-order valence-corrected chi connectivity index (χ0v) is 14.5. The molecule has 0 atom stereocenters. The van der Waals surface area contributed by atoms with Gasteiger partial charge in [-0.1, -0.05) is 30.3 Å². The number of pyridine rings is 2. The van der Waals surface area contributed by atoms with Gasteiger partial charge in [0, 0.05) is 23.7 Å². The summed E-state index contributed by atoms with van der Waals surface area (Å²) in [6.45, 7) is 0. The topological polar surface area (TPSA) is 105 Å². The normalized spacial score (nSPS) is 10.6. The lowest BCUT2D eigenvalue weighted by Crippen LogP contribution is -2.13. The molecule has 4 rings (SSSR count). The number of anilines is 1. The van der Waals surface area contributed by atoms with Crippen LogP contribution >= 0.6 is 0 Å². The SMILES string of the molecule is O=C(Nc1c(O)ccnc1O)c1cccc2ccc(Oc3ccccc3)nc12. The molecule has 138 valence electrons. The first kappa shape index (κ1) is 17.3. The van der Waals surface area contributed by atoms with Crippen LogP contribution in [0.1, 0.15) is 10.4 Å². The van der Waals surface area contributed by atoms with E-state index in [-0.39, 0.29) is 17.0 Å². The molecule has 2 aromatic heterocycles. The maximum absolute atomic E-state index is 12.8. The largest absolute Gasteiger partial charge is 0.505 e. The highest BCUT2D eigenvalue weighted by atomic mass is 16.5. The molecule has 7 heteroatoms. The molecular weight excluding hydrogens is 358 g/mol. The summed E-state index contributed by atoms with van der Waals surface area (Å²) in [6, 6.07) is 19.1. The van der Waals surface area contributed by atoms with Gasteiger partial charge in [-0.05, 0) is 24.3 Å². The molecule has 7 nitrogen and oxygen atoms in total. The third kappa shape index (κ3) is 3.41. The number of hydrogen-bond acceptors (Lipinski definition) is 6. The van der Waals surface area contributed by atoms with Crippen molar-refractivity contribution in [3.63, 3.8) is 0 Å². The lowest BCUT2D eigenvalue weighted by molar-refractivity contribution is 0.102.